The van der Waals surface area contributed by atoms with Gasteiger partial charge in [-0.1, -0.05) is 0 Å². The molecule has 4 heteroatoms. The number of ether oxygens (including phenoxy) is 2. The molecule has 1 heterocycles. The van der Waals surface area contributed by atoms with Gasteiger partial charge >= 0.3 is 0 Å². The van der Waals surface area contributed by atoms with Gasteiger partial charge in [0.25, 0.3) is 0 Å². The van der Waals surface area contributed by atoms with Crippen molar-refractivity contribution in [3.63, 3.8) is 0 Å². The molecule has 0 spiro atoms. The van der Waals surface area contributed by atoms with Gasteiger partial charge in [-0.25, -0.2) is 4.39 Å². The Kier molecular flexibility index (Phi) is 3.52. The second-order valence-electron chi connectivity index (χ2n) is 4.49. The number of benzene rings is 1. The Hall–Kier alpha value is -1.29. The van der Waals surface area contributed by atoms with Gasteiger partial charge in [0.15, 0.2) is 11.5 Å². The molecule has 2 N–H and O–H groups in total. The summed E-state index contributed by atoms with van der Waals surface area (Å²) in [6.07, 6.45) is -0.389. The van der Waals surface area contributed by atoms with Gasteiger partial charge < -0.3 is 15.2 Å². The quantitative estimate of drug-likeness (QED) is 0.880. The smallest absolute Gasteiger partial charge is 0.161 e. The van der Waals surface area contributed by atoms with Gasteiger partial charge in [0.2, 0.25) is 0 Å². The third-order valence-corrected chi connectivity index (χ3v) is 2.77. The van der Waals surface area contributed by atoms with Crippen molar-refractivity contribution < 1.29 is 13.9 Å². The lowest BCUT2D eigenvalue weighted by molar-refractivity contribution is 0.170. The van der Waals surface area contributed by atoms with Gasteiger partial charge in [-0.3, -0.25) is 0 Å². The molecule has 0 radical (unpaired) electrons. The first kappa shape index (κ1) is 12.2. The lowest BCUT2D eigenvalue weighted by Crippen LogP contribution is -2.20. The average Bonchev–Trinajstić information content (AvgIpc) is 2.27. The first-order valence-electron chi connectivity index (χ1n) is 5.90. The molecule has 17 heavy (non-hydrogen) atoms. The lowest BCUT2D eigenvalue weighted by atomic mass is 9.97. The Morgan fingerprint density at radius 2 is 1.82 bits per heavy atom. The molecule has 0 fully saturated rings. The molecule has 2 rings (SSSR count). The number of hydrogen-bond acceptors (Lipinski definition) is 3. The van der Waals surface area contributed by atoms with E-state index < -0.39 is 6.17 Å². The summed E-state index contributed by atoms with van der Waals surface area (Å²) in [5.74, 6) is 1.32. The highest BCUT2D eigenvalue weighted by atomic mass is 19.1. The van der Waals surface area contributed by atoms with Gasteiger partial charge in [-0.2, -0.15) is 0 Å². The summed E-state index contributed by atoms with van der Waals surface area (Å²) in [7, 11) is 0. The topological polar surface area (TPSA) is 44.5 Å². The maximum Gasteiger partial charge on any atom is 0.161 e. The molecule has 0 saturated carbocycles. The molecule has 3 nitrogen and oxygen atoms in total. The van der Waals surface area contributed by atoms with E-state index in [9.17, 15) is 4.39 Å². The number of fused-ring (bicyclic) bond motifs is 1. The van der Waals surface area contributed by atoms with Crippen molar-refractivity contribution in [2.75, 3.05) is 13.2 Å². The van der Waals surface area contributed by atoms with E-state index in [0.717, 1.165) is 5.56 Å². The van der Waals surface area contributed by atoms with Crippen LogP contribution in [0.2, 0.25) is 0 Å². The second-order valence-corrected chi connectivity index (χ2v) is 4.49. The molecular weight excluding hydrogens is 221 g/mol. The molecule has 94 valence electrons. The summed E-state index contributed by atoms with van der Waals surface area (Å²) in [5, 5.41) is 0. The highest BCUT2D eigenvalue weighted by Crippen LogP contribution is 2.36. The van der Waals surface area contributed by atoms with E-state index in [1.54, 1.807) is 6.07 Å². The zero-order valence-corrected chi connectivity index (χ0v) is 10.2. The SMILES string of the molecule is CC(N)Cc1cc2c(cc1C(C)F)OCCO2. The van der Waals surface area contributed by atoms with Crippen LogP contribution in [0.3, 0.4) is 0 Å². The molecule has 2 atom stereocenters. The van der Waals surface area contributed by atoms with E-state index in [0.29, 0.717) is 36.7 Å². The van der Waals surface area contributed by atoms with Crippen molar-refractivity contribution in [2.45, 2.75) is 32.5 Å². The van der Waals surface area contributed by atoms with Crippen LogP contribution in [0.15, 0.2) is 12.1 Å². The van der Waals surface area contributed by atoms with E-state index in [-0.39, 0.29) is 6.04 Å². The van der Waals surface area contributed by atoms with Crippen molar-refractivity contribution in [1.82, 2.24) is 0 Å². The van der Waals surface area contributed by atoms with E-state index >= 15 is 0 Å². The summed E-state index contributed by atoms with van der Waals surface area (Å²) in [6, 6.07) is 3.58. The normalized spacial score (nSPS) is 17.6. The number of nitrogens with two attached hydrogens (primary N) is 1. The Labute approximate surface area is 101 Å². The van der Waals surface area contributed by atoms with E-state index in [1.165, 1.54) is 6.92 Å². The predicted molar refractivity (Wildman–Crippen MR) is 64.3 cm³/mol. The number of halogens is 1. The van der Waals surface area contributed by atoms with Crippen LogP contribution in [-0.4, -0.2) is 19.3 Å². The number of alkyl halides is 1. The molecule has 1 aliphatic heterocycles. The highest BCUT2D eigenvalue weighted by molar-refractivity contribution is 5.49. The van der Waals surface area contributed by atoms with Crippen LogP contribution in [0.1, 0.15) is 31.1 Å². The third-order valence-electron chi connectivity index (χ3n) is 2.77. The van der Waals surface area contributed by atoms with Gasteiger partial charge in [0, 0.05) is 6.04 Å². The Balaban J connectivity index is 2.40. The summed E-state index contributed by atoms with van der Waals surface area (Å²) in [6.45, 7) is 4.48. The van der Waals surface area contributed by atoms with E-state index in [2.05, 4.69) is 0 Å². The van der Waals surface area contributed by atoms with Gasteiger partial charge in [-0.15, -0.1) is 0 Å². The van der Waals surface area contributed by atoms with Crippen LogP contribution < -0.4 is 15.2 Å². The lowest BCUT2D eigenvalue weighted by Gasteiger charge is -2.22. The van der Waals surface area contributed by atoms with Crippen LogP contribution in [0, 0.1) is 0 Å². The van der Waals surface area contributed by atoms with Crippen molar-refractivity contribution in [1.29, 1.82) is 0 Å². The number of hydrogen-bond donors (Lipinski definition) is 1. The molecule has 0 amide bonds. The maximum atomic E-state index is 13.6. The predicted octanol–water partition coefficient (Wildman–Crippen LogP) is 2.38. The largest absolute Gasteiger partial charge is 0.486 e. The fourth-order valence-electron chi connectivity index (χ4n) is 2.04. The van der Waals surface area contributed by atoms with Crippen LogP contribution in [0.25, 0.3) is 0 Å². The van der Waals surface area contributed by atoms with Crippen molar-refractivity contribution in [3.8, 4) is 11.5 Å². The van der Waals surface area contributed by atoms with Crippen LogP contribution in [-0.2, 0) is 6.42 Å². The molecule has 0 saturated heterocycles. The van der Waals surface area contributed by atoms with E-state index in [1.807, 2.05) is 13.0 Å². The molecule has 0 aliphatic carbocycles. The summed E-state index contributed by atoms with van der Waals surface area (Å²) >= 11 is 0. The van der Waals surface area contributed by atoms with Crippen LogP contribution >= 0.6 is 0 Å². The average molecular weight is 239 g/mol. The van der Waals surface area contributed by atoms with E-state index in [4.69, 9.17) is 15.2 Å². The van der Waals surface area contributed by atoms with Crippen molar-refractivity contribution in [2.24, 2.45) is 5.73 Å². The minimum atomic E-state index is -1.03. The molecule has 1 aliphatic rings. The zero-order valence-electron chi connectivity index (χ0n) is 10.2. The molecule has 0 aromatic heterocycles. The van der Waals surface area contributed by atoms with Gasteiger partial charge in [0.1, 0.15) is 19.4 Å². The van der Waals surface area contributed by atoms with Gasteiger partial charge in [0.05, 0.1) is 0 Å². The Morgan fingerprint density at radius 1 is 1.24 bits per heavy atom. The fraction of sp³-hybridized carbons (Fsp3) is 0.538. The fourth-order valence-corrected chi connectivity index (χ4v) is 2.04. The first-order valence-corrected chi connectivity index (χ1v) is 5.90. The standard InChI is InChI=1S/C13H18FNO2/c1-8(15)5-10-6-12-13(17-4-3-16-12)7-11(10)9(2)14/h6-9H,3-5,15H2,1-2H3. The molecule has 1 aromatic rings. The van der Waals surface area contributed by atoms with Crippen molar-refractivity contribution >= 4 is 0 Å². The zero-order chi connectivity index (χ0) is 12.4. The minimum absolute atomic E-state index is 0.00458. The van der Waals surface area contributed by atoms with Crippen LogP contribution in [0.5, 0.6) is 11.5 Å². The molecule has 1 aromatic carbocycles. The second kappa shape index (κ2) is 4.92. The first-order chi connectivity index (χ1) is 8.08. The molecule has 2 unspecified atom stereocenters. The Bertz CT molecular complexity index is 405. The number of rotatable bonds is 3. The minimum Gasteiger partial charge on any atom is -0.486 e. The molecule has 0 bridgehead atoms. The monoisotopic (exact) mass is 239 g/mol. The Morgan fingerprint density at radius 3 is 2.35 bits per heavy atom. The highest BCUT2D eigenvalue weighted by Gasteiger charge is 2.19. The van der Waals surface area contributed by atoms with Crippen LogP contribution in [0.4, 0.5) is 4.39 Å². The third kappa shape index (κ3) is 2.69. The van der Waals surface area contributed by atoms with Crippen molar-refractivity contribution in [3.05, 3.63) is 23.3 Å². The summed E-state index contributed by atoms with van der Waals surface area (Å²) in [5.41, 5.74) is 7.32. The summed E-state index contributed by atoms with van der Waals surface area (Å²) in [4.78, 5) is 0. The maximum absolute atomic E-state index is 13.6. The van der Waals surface area contributed by atoms with Gasteiger partial charge in [-0.05, 0) is 43.5 Å². The summed E-state index contributed by atoms with van der Waals surface area (Å²) < 4.78 is 24.5. The molecular formula is C13H18FNO2.